The van der Waals surface area contributed by atoms with E-state index in [1.165, 1.54) is 6.07 Å². The Morgan fingerprint density at radius 1 is 1.63 bits per heavy atom. The van der Waals surface area contributed by atoms with Gasteiger partial charge in [0, 0.05) is 31.1 Å². The van der Waals surface area contributed by atoms with E-state index >= 15 is 0 Å². The quantitative estimate of drug-likeness (QED) is 0.675. The van der Waals surface area contributed by atoms with Gasteiger partial charge in [0.1, 0.15) is 11.6 Å². The fraction of sp³-hybridized carbons (Fsp3) is 0.583. The highest BCUT2D eigenvalue weighted by Gasteiger charge is 2.22. The van der Waals surface area contributed by atoms with Crippen LogP contribution in [-0.2, 0) is 0 Å². The maximum Gasteiger partial charge on any atom is 0.276 e. The molecule has 0 spiro atoms. The van der Waals surface area contributed by atoms with Crippen molar-refractivity contribution in [2.45, 2.75) is 18.6 Å². The second kappa shape index (κ2) is 6.10. The van der Waals surface area contributed by atoms with Gasteiger partial charge < -0.3 is 10.2 Å². The van der Waals surface area contributed by atoms with Gasteiger partial charge in [-0.2, -0.15) is 11.8 Å². The van der Waals surface area contributed by atoms with E-state index in [0.29, 0.717) is 16.9 Å². The van der Waals surface area contributed by atoms with Gasteiger partial charge in [-0.05, 0) is 6.42 Å². The molecule has 0 radical (unpaired) electrons. The van der Waals surface area contributed by atoms with Crippen LogP contribution in [0.1, 0.15) is 13.3 Å². The fourth-order valence-corrected chi connectivity index (χ4v) is 3.25. The van der Waals surface area contributed by atoms with Crippen molar-refractivity contribution in [3.8, 4) is 0 Å². The zero-order chi connectivity index (χ0) is 13.8. The molecule has 1 N–H and O–H groups in total. The standard InChI is InChI=1S/C12H18N4O2S/c1-3-10-8-15(4-5-19-10)12-7-9(16(17)18)6-11(13-2)14-12/h6-7,10H,3-5,8H2,1-2H3,(H,13,14). The van der Waals surface area contributed by atoms with Crippen molar-refractivity contribution in [1.29, 1.82) is 0 Å². The van der Waals surface area contributed by atoms with Gasteiger partial charge >= 0.3 is 0 Å². The van der Waals surface area contributed by atoms with Crippen LogP contribution in [0.4, 0.5) is 17.3 Å². The number of nitrogens with zero attached hydrogens (tertiary/aromatic N) is 3. The molecule has 6 nitrogen and oxygen atoms in total. The highest BCUT2D eigenvalue weighted by molar-refractivity contribution is 8.00. The minimum atomic E-state index is -0.373. The molecular weight excluding hydrogens is 264 g/mol. The van der Waals surface area contributed by atoms with Crippen molar-refractivity contribution in [3.05, 3.63) is 22.2 Å². The van der Waals surface area contributed by atoms with Crippen LogP contribution in [0.15, 0.2) is 12.1 Å². The number of hydrogen-bond donors (Lipinski definition) is 1. The lowest BCUT2D eigenvalue weighted by molar-refractivity contribution is -0.384. The molecule has 0 amide bonds. The van der Waals surface area contributed by atoms with E-state index in [4.69, 9.17) is 0 Å². The summed E-state index contributed by atoms with van der Waals surface area (Å²) in [6.45, 7) is 3.96. The summed E-state index contributed by atoms with van der Waals surface area (Å²) in [4.78, 5) is 17.1. The van der Waals surface area contributed by atoms with Crippen molar-refractivity contribution >= 4 is 29.1 Å². The Balaban J connectivity index is 2.27. The van der Waals surface area contributed by atoms with Gasteiger partial charge in [-0.1, -0.05) is 6.92 Å². The first-order valence-corrected chi connectivity index (χ1v) is 7.39. The number of nitrogens with one attached hydrogen (secondary N) is 1. The van der Waals surface area contributed by atoms with Crippen molar-refractivity contribution in [2.75, 3.05) is 36.1 Å². The van der Waals surface area contributed by atoms with Crippen LogP contribution < -0.4 is 10.2 Å². The van der Waals surface area contributed by atoms with Crippen molar-refractivity contribution in [3.63, 3.8) is 0 Å². The van der Waals surface area contributed by atoms with Crippen molar-refractivity contribution in [1.82, 2.24) is 4.98 Å². The average Bonchev–Trinajstić information content (AvgIpc) is 2.46. The second-order valence-electron chi connectivity index (χ2n) is 4.42. The molecule has 0 bridgehead atoms. The van der Waals surface area contributed by atoms with E-state index in [1.807, 2.05) is 11.8 Å². The van der Waals surface area contributed by atoms with Crippen LogP contribution in [0.25, 0.3) is 0 Å². The summed E-state index contributed by atoms with van der Waals surface area (Å²) in [7, 11) is 1.72. The summed E-state index contributed by atoms with van der Waals surface area (Å²) >= 11 is 1.96. The van der Waals surface area contributed by atoms with Gasteiger partial charge in [-0.15, -0.1) is 0 Å². The normalized spacial score (nSPS) is 19.3. The molecule has 7 heteroatoms. The molecule has 104 valence electrons. The molecule has 19 heavy (non-hydrogen) atoms. The molecule has 1 atom stereocenters. The number of pyridine rings is 1. The number of nitro groups is 1. The monoisotopic (exact) mass is 282 g/mol. The number of aromatic nitrogens is 1. The molecule has 1 aliphatic rings. The molecule has 2 rings (SSSR count). The molecule has 1 aliphatic heterocycles. The molecule has 1 fully saturated rings. The summed E-state index contributed by atoms with van der Waals surface area (Å²) < 4.78 is 0. The molecule has 1 aromatic heterocycles. The van der Waals surface area contributed by atoms with Gasteiger partial charge in [0.15, 0.2) is 0 Å². The Kier molecular flexibility index (Phi) is 4.47. The molecule has 2 heterocycles. The van der Waals surface area contributed by atoms with E-state index in [-0.39, 0.29) is 10.6 Å². The third-order valence-corrected chi connectivity index (χ3v) is 4.55. The number of hydrogen-bond acceptors (Lipinski definition) is 6. The SMILES string of the molecule is CCC1CN(c2cc([N+](=O)[O-])cc(NC)n2)CCS1. The third kappa shape index (κ3) is 3.28. The lowest BCUT2D eigenvalue weighted by atomic mass is 10.2. The number of anilines is 2. The summed E-state index contributed by atoms with van der Waals surface area (Å²) in [5, 5.41) is 14.4. The van der Waals surface area contributed by atoms with E-state index < -0.39 is 0 Å². The molecule has 0 aliphatic carbocycles. The third-order valence-electron chi connectivity index (χ3n) is 3.18. The van der Waals surface area contributed by atoms with Gasteiger partial charge in [0.2, 0.25) is 0 Å². The van der Waals surface area contributed by atoms with Gasteiger partial charge in [-0.25, -0.2) is 4.98 Å². The Morgan fingerprint density at radius 2 is 2.42 bits per heavy atom. The number of thioether (sulfide) groups is 1. The topological polar surface area (TPSA) is 71.3 Å². The summed E-state index contributed by atoms with van der Waals surface area (Å²) in [6, 6.07) is 3.02. The van der Waals surface area contributed by atoms with Crippen LogP contribution >= 0.6 is 11.8 Å². The Morgan fingerprint density at radius 3 is 3.05 bits per heavy atom. The minimum Gasteiger partial charge on any atom is -0.373 e. The first kappa shape index (κ1) is 13.9. The van der Waals surface area contributed by atoms with Crippen LogP contribution in [-0.4, -0.2) is 41.0 Å². The first-order chi connectivity index (χ1) is 9.13. The zero-order valence-corrected chi connectivity index (χ0v) is 11.9. The van der Waals surface area contributed by atoms with Gasteiger partial charge in [-0.3, -0.25) is 10.1 Å². The Bertz CT molecular complexity index is 469. The smallest absolute Gasteiger partial charge is 0.276 e. The second-order valence-corrected chi connectivity index (χ2v) is 5.83. The molecule has 1 aromatic rings. The first-order valence-electron chi connectivity index (χ1n) is 6.34. The van der Waals surface area contributed by atoms with Crippen LogP contribution in [0.2, 0.25) is 0 Å². The Hall–Kier alpha value is -1.50. The molecule has 1 unspecified atom stereocenters. The van der Waals surface area contributed by atoms with E-state index in [9.17, 15) is 10.1 Å². The zero-order valence-electron chi connectivity index (χ0n) is 11.1. The highest BCUT2D eigenvalue weighted by Crippen LogP contribution is 2.28. The van der Waals surface area contributed by atoms with E-state index in [1.54, 1.807) is 13.1 Å². The fourth-order valence-electron chi connectivity index (χ4n) is 2.07. The molecular formula is C12H18N4O2S. The van der Waals surface area contributed by atoms with Crippen LogP contribution in [0.5, 0.6) is 0 Å². The average molecular weight is 282 g/mol. The predicted octanol–water partition coefficient (Wildman–Crippen LogP) is 2.36. The van der Waals surface area contributed by atoms with Crippen molar-refractivity contribution < 1.29 is 4.92 Å². The maximum absolute atomic E-state index is 11.0. The predicted molar refractivity (Wildman–Crippen MR) is 79.2 cm³/mol. The number of rotatable bonds is 4. The maximum atomic E-state index is 11.0. The summed E-state index contributed by atoms with van der Waals surface area (Å²) in [5.74, 6) is 2.27. The molecule has 0 saturated carbocycles. The summed E-state index contributed by atoms with van der Waals surface area (Å²) in [6.07, 6.45) is 1.11. The lowest BCUT2D eigenvalue weighted by Crippen LogP contribution is -2.38. The van der Waals surface area contributed by atoms with Gasteiger partial charge in [0.05, 0.1) is 17.1 Å². The lowest BCUT2D eigenvalue weighted by Gasteiger charge is -2.32. The van der Waals surface area contributed by atoms with E-state index in [2.05, 4.69) is 22.1 Å². The molecule has 1 saturated heterocycles. The van der Waals surface area contributed by atoms with Crippen LogP contribution in [0, 0.1) is 10.1 Å². The van der Waals surface area contributed by atoms with Crippen molar-refractivity contribution in [2.24, 2.45) is 0 Å². The van der Waals surface area contributed by atoms with Crippen LogP contribution in [0.3, 0.4) is 0 Å². The largest absolute Gasteiger partial charge is 0.373 e. The molecule has 0 aromatic carbocycles. The van der Waals surface area contributed by atoms with E-state index in [0.717, 1.165) is 25.3 Å². The van der Waals surface area contributed by atoms with Gasteiger partial charge in [0.25, 0.3) is 5.69 Å². The Labute approximate surface area is 116 Å². The summed E-state index contributed by atoms with van der Waals surface area (Å²) in [5.41, 5.74) is 0.0839. The minimum absolute atomic E-state index is 0.0839. The highest BCUT2D eigenvalue weighted by atomic mass is 32.2.